The number of hydrogen-bond donors (Lipinski definition) is 1. The highest BCUT2D eigenvalue weighted by molar-refractivity contribution is 5.57. The molecule has 1 unspecified atom stereocenters. The number of halogens is 1. The molecule has 0 bridgehead atoms. The summed E-state index contributed by atoms with van der Waals surface area (Å²) in [5.74, 6) is 1.36. The topological polar surface area (TPSA) is 25.2 Å². The third kappa shape index (κ3) is 2.79. The van der Waals surface area contributed by atoms with Crippen LogP contribution in [0.2, 0.25) is 0 Å². The Balaban J connectivity index is 2.24. The van der Waals surface area contributed by atoms with Gasteiger partial charge in [-0.3, -0.25) is 0 Å². The van der Waals surface area contributed by atoms with E-state index >= 15 is 0 Å². The second kappa shape index (κ2) is 5.83. The summed E-state index contributed by atoms with van der Waals surface area (Å²) in [6, 6.07) is 10.5. The van der Waals surface area contributed by atoms with Crippen LogP contribution >= 0.6 is 0 Å². The van der Waals surface area contributed by atoms with Gasteiger partial charge in [-0.2, -0.15) is 0 Å². The summed E-state index contributed by atoms with van der Waals surface area (Å²) < 4.78 is 19.0. The summed E-state index contributed by atoms with van der Waals surface area (Å²) in [7, 11) is 0. The summed E-state index contributed by atoms with van der Waals surface area (Å²) in [6.45, 7) is 5.07. The van der Waals surface area contributed by atoms with Gasteiger partial charge in [0.25, 0.3) is 0 Å². The Bertz CT molecular complexity index is 507. The smallest absolute Gasteiger partial charge is 0.134 e. The molecular formula is C15H18FNO. The molecule has 18 heavy (non-hydrogen) atoms. The Labute approximate surface area is 107 Å². The Kier molecular flexibility index (Phi) is 4.15. The van der Waals surface area contributed by atoms with Crippen molar-refractivity contribution in [2.75, 3.05) is 6.54 Å². The van der Waals surface area contributed by atoms with Gasteiger partial charge >= 0.3 is 0 Å². The average molecular weight is 247 g/mol. The number of benzene rings is 1. The van der Waals surface area contributed by atoms with Gasteiger partial charge in [-0.1, -0.05) is 26.0 Å². The number of hydrogen-bond acceptors (Lipinski definition) is 2. The molecule has 0 aliphatic carbocycles. The molecule has 0 saturated heterocycles. The molecule has 2 rings (SSSR count). The third-order valence-corrected chi connectivity index (χ3v) is 2.94. The van der Waals surface area contributed by atoms with Crippen LogP contribution in [0.5, 0.6) is 0 Å². The molecule has 0 saturated carbocycles. The van der Waals surface area contributed by atoms with Gasteiger partial charge in [0.1, 0.15) is 17.3 Å². The van der Waals surface area contributed by atoms with E-state index in [1.54, 1.807) is 6.07 Å². The molecule has 1 N–H and O–H groups in total. The molecular weight excluding hydrogens is 229 g/mol. The molecule has 2 nitrogen and oxygen atoms in total. The molecule has 0 spiro atoms. The largest absolute Gasteiger partial charge is 0.459 e. The Hall–Kier alpha value is -1.61. The van der Waals surface area contributed by atoms with Crippen LogP contribution in [0.15, 0.2) is 40.8 Å². The van der Waals surface area contributed by atoms with E-state index in [4.69, 9.17) is 4.42 Å². The van der Waals surface area contributed by atoms with Crippen molar-refractivity contribution in [2.45, 2.75) is 26.3 Å². The van der Waals surface area contributed by atoms with Crippen molar-refractivity contribution in [3.8, 4) is 11.3 Å². The number of nitrogens with one attached hydrogen (secondary N) is 1. The van der Waals surface area contributed by atoms with Gasteiger partial charge in [0.2, 0.25) is 0 Å². The van der Waals surface area contributed by atoms with Crippen LogP contribution in [0, 0.1) is 5.82 Å². The summed E-state index contributed by atoms with van der Waals surface area (Å²) in [6.07, 6.45) is 0.962. The van der Waals surface area contributed by atoms with Crippen molar-refractivity contribution >= 4 is 0 Å². The Morgan fingerprint density at radius 1 is 1.22 bits per heavy atom. The van der Waals surface area contributed by atoms with Gasteiger partial charge in [-0.05, 0) is 37.2 Å². The normalized spacial score (nSPS) is 12.6. The van der Waals surface area contributed by atoms with Crippen LogP contribution in [0.4, 0.5) is 4.39 Å². The lowest BCUT2D eigenvalue weighted by Gasteiger charge is -2.12. The van der Waals surface area contributed by atoms with E-state index in [1.807, 2.05) is 18.2 Å². The molecule has 3 heteroatoms. The van der Waals surface area contributed by atoms with Crippen LogP contribution in [0.25, 0.3) is 11.3 Å². The second-order valence-corrected chi connectivity index (χ2v) is 4.23. The van der Waals surface area contributed by atoms with Gasteiger partial charge in [-0.15, -0.1) is 0 Å². The van der Waals surface area contributed by atoms with Crippen molar-refractivity contribution in [3.05, 3.63) is 48.0 Å². The molecule has 2 aromatic rings. The summed E-state index contributed by atoms with van der Waals surface area (Å²) in [4.78, 5) is 0. The van der Waals surface area contributed by atoms with Gasteiger partial charge < -0.3 is 9.73 Å². The molecule has 0 fully saturated rings. The fourth-order valence-electron chi connectivity index (χ4n) is 2.03. The lowest BCUT2D eigenvalue weighted by atomic mass is 10.1. The zero-order valence-corrected chi connectivity index (χ0v) is 10.7. The van der Waals surface area contributed by atoms with Crippen molar-refractivity contribution in [1.29, 1.82) is 0 Å². The highest BCUT2D eigenvalue weighted by Crippen LogP contribution is 2.26. The molecule has 1 atom stereocenters. The van der Waals surface area contributed by atoms with E-state index in [0.717, 1.165) is 24.3 Å². The third-order valence-electron chi connectivity index (χ3n) is 2.94. The minimum Gasteiger partial charge on any atom is -0.459 e. The minimum absolute atomic E-state index is 0.220. The van der Waals surface area contributed by atoms with Gasteiger partial charge in [-0.25, -0.2) is 4.39 Å². The first-order valence-electron chi connectivity index (χ1n) is 6.33. The Morgan fingerprint density at radius 3 is 2.72 bits per heavy atom. The number of rotatable bonds is 5. The van der Waals surface area contributed by atoms with Crippen molar-refractivity contribution < 1.29 is 8.81 Å². The SMILES string of the molecule is CCNC(CC)c1ccc(-c2cccc(F)c2)o1. The minimum atomic E-state index is -0.246. The van der Waals surface area contributed by atoms with Crippen LogP contribution in [0.1, 0.15) is 32.1 Å². The summed E-state index contributed by atoms with van der Waals surface area (Å²) in [5.41, 5.74) is 0.771. The monoisotopic (exact) mass is 247 g/mol. The zero-order chi connectivity index (χ0) is 13.0. The molecule has 0 radical (unpaired) electrons. The predicted molar refractivity (Wildman–Crippen MR) is 70.8 cm³/mol. The predicted octanol–water partition coefficient (Wildman–Crippen LogP) is 4.15. The molecule has 0 aliphatic heterocycles. The molecule has 1 aromatic heterocycles. The van der Waals surface area contributed by atoms with Crippen LogP contribution < -0.4 is 5.32 Å². The maximum absolute atomic E-state index is 13.2. The van der Waals surface area contributed by atoms with Crippen molar-refractivity contribution in [1.82, 2.24) is 5.32 Å². The first kappa shape index (κ1) is 12.8. The van der Waals surface area contributed by atoms with Crippen LogP contribution in [-0.4, -0.2) is 6.54 Å². The first-order chi connectivity index (χ1) is 8.74. The highest BCUT2D eigenvalue weighted by atomic mass is 19.1. The van der Waals surface area contributed by atoms with Crippen LogP contribution in [-0.2, 0) is 0 Å². The van der Waals surface area contributed by atoms with E-state index < -0.39 is 0 Å². The first-order valence-corrected chi connectivity index (χ1v) is 6.33. The highest BCUT2D eigenvalue weighted by Gasteiger charge is 2.13. The second-order valence-electron chi connectivity index (χ2n) is 4.23. The summed E-state index contributed by atoms with van der Waals surface area (Å²) in [5, 5.41) is 3.36. The van der Waals surface area contributed by atoms with E-state index in [9.17, 15) is 4.39 Å². The maximum atomic E-state index is 13.2. The molecule has 0 amide bonds. The number of furan rings is 1. The Morgan fingerprint density at radius 2 is 2.06 bits per heavy atom. The van der Waals surface area contributed by atoms with Crippen molar-refractivity contribution in [2.24, 2.45) is 0 Å². The van der Waals surface area contributed by atoms with E-state index in [0.29, 0.717) is 5.76 Å². The molecule has 1 aromatic carbocycles. The maximum Gasteiger partial charge on any atom is 0.134 e. The van der Waals surface area contributed by atoms with Crippen molar-refractivity contribution in [3.63, 3.8) is 0 Å². The molecule has 0 aliphatic rings. The van der Waals surface area contributed by atoms with E-state index in [2.05, 4.69) is 19.2 Å². The fraction of sp³-hybridized carbons (Fsp3) is 0.333. The quantitative estimate of drug-likeness (QED) is 0.858. The lowest BCUT2D eigenvalue weighted by Crippen LogP contribution is -2.19. The average Bonchev–Trinajstić information content (AvgIpc) is 2.85. The molecule has 1 heterocycles. The lowest BCUT2D eigenvalue weighted by molar-refractivity contribution is 0.417. The zero-order valence-electron chi connectivity index (χ0n) is 10.7. The van der Waals surface area contributed by atoms with E-state index in [1.165, 1.54) is 12.1 Å². The standard InChI is InChI=1S/C15H18FNO/c1-3-13(17-4-2)15-9-8-14(18-15)11-6-5-7-12(16)10-11/h5-10,13,17H,3-4H2,1-2H3. The van der Waals surface area contributed by atoms with E-state index in [-0.39, 0.29) is 11.9 Å². The fourth-order valence-corrected chi connectivity index (χ4v) is 2.03. The van der Waals surface area contributed by atoms with Gasteiger partial charge in [0.15, 0.2) is 0 Å². The molecule has 96 valence electrons. The van der Waals surface area contributed by atoms with Gasteiger partial charge in [0.05, 0.1) is 6.04 Å². The van der Waals surface area contributed by atoms with Gasteiger partial charge in [0, 0.05) is 5.56 Å². The van der Waals surface area contributed by atoms with Crippen LogP contribution in [0.3, 0.4) is 0 Å². The summed E-state index contributed by atoms with van der Waals surface area (Å²) >= 11 is 0.